The van der Waals surface area contributed by atoms with Crippen LogP contribution in [0.2, 0.25) is 0 Å². The van der Waals surface area contributed by atoms with Crippen molar-refractivity contribution < 1.29 is 14.7 Å². The maximum atomic E-state index is 11.6. The lowest BCUT2D eigenvalue weighted by Crippen LogP contribution is -2.46. The quantitative estimate of drug-likeness (QED) is 0.604. The molecule has 72 valence electrons. The minimum absolute atomic E-state index is 0.105. The van der Waals surface area contributed by atoms with E-state index in [1.165, 1.54) is 0 Å². The summed E-state index contributed by atoms with van der Waals surface area (Å²) in [6.07, 6.45) is 3.00. The molecule has 2 atom stereocenters. The van der Waals surface area contributed by atoms with Crippen LogP contribution < -0.4 is 0 Å². The van der Waals surface area contributed by atoms with Crippen molar-refractivity contribution in [1.82, 2.24) is 0 Å². The summed E-state index contributed by atoms with van der Waals surface area (Å²) < 4.78 is 0. The van der Waals surface area contributed by atoms with Crippen LogP contribution in [0.25, 0.3) is 0 Å². The highest BCUT2D eigenvalue weighted by Gasteiger charge is 2.51. The van der Waals surface area contributed by atoms with Crippen LogP contribution >= 0.6 is 0 Å². The third kappa shape index (κ3) is 1.14. The average Bonchev–Trinajstić information content (AvgIpc) is 2.45. The van der Waals surface area contributed by atoms with Gasteiger partial charge in [0, 0.05) is 12.8 Å². The summed E-state index contributed by atoms with van der Waals surface area (Å²) in [5.41, 5.74) is -0.671. The number of rotatable bonds is 0. The zero-order chi connectivity index (χ0) is 9.47. The van der Waals surface area contributed by atoms with Gasteiger partial charge in [-0.25, -0.2) is 0 Å². The highest BCUT2D eigenvalue weighted by atomic mass is 16.3. The van der Waals surface area contributed by atoms with E-state index in [9.17, 15) is 14.7 Å². The summed E-state index contributed by atoms with van der Waals surface area (Å²) >= 11 is 0. The Balaban J connectivity index is 2.29. The highest BCUT2D eigenvalue weighted by Crippen LogP contribution is 2.45. The maximum Gasteiger partial charge on any atom is 0.162 e. The number of carbonyl (C=O) groups is 2. The van der Waals surface area contributed by atoms with Crippen molar-refractivity contribution in [2.75, 3.05) is 0 Å². The molecule has 0 aliphatic heterocycles. The number of hydrogen-bond acceptors (Lipinski definition) is 3. The van der Waals surface area contributed by atoms with Crippen molar-refractivity contribution in [3.05, 3.63) is 0 Å². The number of hydrogen-bond donors (Lipinski definition) is 1. The van der Waals surface area contributed by atoms with Gasteiger partial charge < -0.3 is 5.11 Å². The van der Waals surface area contributed by atoms with Gasteiger partial charge in [0.05, 0.1) is 5.41 Å². The lowest BCUT2D eigenvalue weighted by atomic mass is 9.69. The summed E-state index contributed by atoms with van der Waals surface area (Å²) in [6, 6.07) is 0. The van der Waals surface area contributed by atoms with Crippen molar-refractivity contribution in [3.8, 4) is 0 Å². The number of Topliss-reactive ketones (excluding diaryl/α,β-unsaturated/α-hetero) is 2. The smallest absolute Gasteiger partial charge is 0.162 e. The van der Waals surface area contributed by atoms with Gasteiger partial charge in [0.15, 0.2) is 5.78 Å². The molecule has 2 saturated carbocycles. The highest BCUT2D eigenvalue weighted by molar-refractivity contribution is 5.96. The van der Waals surface area contributed by atoms with E-state index < -0.39 is 11.5 Å². The van der Waals surface area contributed by atoms with Gasteiger partial charge in [0.2, 0.25) is 0 Å². The molecule has 0 radical (unpaired) electrons. The molecule has 13 heavy (non-hydrogen) atoms. The molecule has 0 aromatic carbocycles. The Morgan fingerprint density at radius 3 is 2.38 bits per heavy atom. The van der Waals surface area contributed by atoms with E-state index in [2.05, 4.69) is 0 Å². The van der Waals surface area contributed by atoms with Crippen LogP contribution in [0.4, 0.5) is 0 Å². The molecule has 0 saturated heterocycles. The fourth-order valence-electron chi connectivity index (χ4n) is 2.67. The first-order chi connectivity index (χ1) is 6.17. The molecular formula is C10H14O3. The van der Waals surface area contributed by atoms with Gasteiger partial charge >= 0.3 is 0 Å². The molecule has 2 aliphatic rings. The molecule has 3 nitrogen and oxygen atoms in total. The molecule has 2 aliphatic carbocycles. The molecule has 1 N–H and O–H groups in total. The van der Waals surface area contributed by atoms with Gasteiger partial charge in [0.1, 0.15) is 11.9 Å². The average molecular weight is 182 g/mol. The Morgan fingerprint density at radius 2 is 1.77 bits per heavy atom. The molecule has 0 aromatic heterocycles. The van der Waals surface area contributed by atoms with Crippen molar-refractivity contribution in [3.63, 3.8) is 0 Å². The van der Waals surface area contributed by atoms with Crippen LogP contribution in [0.3, 0.4) is 0 Å². The lowest BCUT2D eigenvalue weighted by Gasteiger charge is -2.35. The van der Waals surface area contributed by atoms with Crippen LogP contribution in [0.5, 0.6) is 0 Å². The van der Waals surface area contributed by atoms with Gasteiger partial charge in [-0.2, -0.15) is 0 Å². The van der Waals surface area contributed by atoms with Crippen molar-refractivity contribution in [1.29, 1.82) is 0 Å². The minimum Gasteiger partial charge on any atom is -0.384 e. The molecule has 0 aromatic rings. The number of aliphatic hydroxyl groups is 1. The van der Waals surface area contributed by atoms with Gasteiger partial charge in [-0.15, -0.1) is 0 Å². The first kappa shape index (κ1) is 8.88. The molecule has 0 heterocycles. The van der Waals surface area contributed by atoms with E-state index in [0.717, 1.165) is 12.8 Å². The largest absolute Gasteiger partial charge is 0.384 e. The molecule has 1 spiro atoms. The first-order valence-electron chi connectivity index (χ1n) is 4.91. The van der Waals surface area contributed by atoms with Crippen molar-refractivity contribution in [2.24, 2.45) is 5.41 Å². The van der Waals surface area contributed by atoms with Gasteiger partial charge in [-0.3, -0.25) is 9.59 Å². The van der Waals surface area contributed by atoms with Crippen LogP contribution in [0, 0.1) is 5.41 Å². The Hall–Kier alpha value is -0.700. The Labute approximate surface area is 77.1 Å². The zero-order valence-electron chi connectivity index (χ0n) is 7.58. The monoisotopic (exact) mass is 182 g/mol. The Kier molecular flexibility index (Phi) is 1.99. The fourth-order valence-corrected chi connectivity index (χ4v) is 2.67. The van der Waals surface area contributed by atoms with E-state index >= 15 is 0 Å². The van der Waals surface area contributed by atoms with Crippen molar-refractivity contribution in [2.45, 2.75) is 44.6 Å². The fraction of sp³-hybridized carbons (Fsp3) is 0.800. The van der Waals surface area contributed by atoms with Gasteiger partial charge in [-0.1, -0.05) is 0 Å². The molecule has 2 fully saturated rings. The number of aliphatic hydroxyl groups excluding tert-OH is 1. The van der Waals surface area contributed by atoms with E-state index in [-0.39, 0.29) is 11.6 Å². The summed E-state index contributed by atoms with van der Waals surface area (Å²) in [4.78, 5) is 22.9. The second kappa shape index (κ2) is 2.91. The summed E-state index contributed by atoms with van der Waals surface area (Å²) in [5, 5.41) is 9.73. The van der Waals surface area contributed by atoms with Crippen molar-refractivity contribution >= 4 is 11.6 Å². The maximum absolute atomic E-state index is 11.6. The summed E-state index contributed by atoms with van der Waals surface area (Å²) in [5.74, 6) is -0.0328. The zero-order valence-corrected chi connectivity index (χ0v) is 7.58. The molecule has 0 bridgehead atoms. The third-order valence-electron chi connectivity index (χ3n) is 3.46. The third-order valence-corrected chi connectivity index (χ3v) is 3.46. The lowest BCUT2D eigenvalue weighted by molar-refractivity contribution is -0.148. The van der Waals surface area contributed by atoms with E-state index in [0.29, 0.717) is 25.7 Å². The first-order valence-corrected chi connectivity index (χ1v) is 4.91. The van der Waals surface area contributed by atoms with Crippen LogP contribution in [0.15, 0.2) is 0 Å². The predicted octanol–water partition coefficient (Wildman–Crippen LogP) is 0.840. The van der Waals surface area contributed by atoms with E-state index in [1.807, 2.05) is 0 Å². The van der Waals surface area contributed by atoms with E-state index in [4.69, 9.17) is 0 Å². The van der Waals surface area contributed by atoms with Crippen LogP contribution in [-0.2, 0) is 9.59 Å². The normalized spacial score (nSPS) is 40.2. The molecule has 3 heteroatoms. The predicted molar refractivity (Wildman–Crippen MR) is 46.2 cm³/mol. The Bertz CT molecular complexity index is 259. The minimum atomic E-state index is -1.00. The second-order valence-electron chi connectivity index (χ2n) is 4.16. The topological polar surface area (TPSA) is 54.4 Å². The standard InChI is InChI=1S/C10H14O3/c11-7-3-1-5-10(9(7)13)6-2-4-8(10)12/h9,13H,1-6H2/t9-,10+/m1/s1. The number of ketones is 2. The Morgan fingerprint density at radius 1 is 1.15 bits per heavy atom. The molecule has 2 rings (SSSR count). The summed E-state index contributed by atoms with van der Waals surface area (Å²) in [6.45, 7) is 0. The molecular weight excluding hydrogens is 168 g/mol. The van der Waals surface area contributed by atoms with Crippen LogP contribution in [-0.4, -0.2) is 22.8 Å². The molecule has 0 amide bonds. The van der Waals surface area contributed by atoms with Crippen LogP contribution in [0.1, 0.15) is 38.5 Å². The SMILES string of the molecule is O=C1CCC[C@@]2(CCCC2=O)[C@@H]1O. The summed E-state index contributed by atoms with van der Waals surface area (Å²) in [7, 11) is 0. The van der Waals surface area contributed by atoms with Gasteiger partial charge in [-0.05, 0) is 25.7 Å². The second-order valence-corrected chi connectivity index (χ2v) is 4.16. The number of carbonyl (C=O) groups excluding carboxylic acids is 2. The molecule has 0 unspecified atom stereocenters. The van der Waals surface area contributed by atoms with E-state index in [1.54, 1.807) is 0 Å². The van der Waals surface area contributed by atoms with Gasteiger partial charge in [0.25, 0.3) is 0 Å².